The van der Waals surface area contributed by atoms with Crippen molar-refractivity contribution in [2.45, 2.75) is 19.8 Å². The number of carboxylic acid groups (broad SMARTS) is 1. The molecule has 0 saturated heterocycles. The number of hydrogen-bond acceptors (Lipinski definition) is 3. The first kappa shape index (κ1) is 16.0. The van der Waals surface area contributed by atoms with E-state index in [2.05, 4.69) is 5.32 Å². The fourth-order valence-electron chi connectivity index (χ4n) is 2.26. The molecule has 0 saturated carbocycles. The minimum Gasteiger partial charge on any atom is -0.545 e. The molecule has 1 amide bonds. The first-order valence-corrected chi connectivity index (χ1v) is 7.26. The van der Waals surface area contributed by atoms with Crippen LogP contribution in [0.4, 0.5) is 5.69 Å². The zero-order valence-corrected chi connectivity index (χ0v) is 12.8. The van der Waals surface area contributed by atoms with Crippen LogP contribution in [-0.4, -0.2) is 11.9 Å². The summed E-state index contributed by atoms with van der Waals surface area (Å²) in [5.41, 5.74) is 2.00. The van der Waals surface area contributed by atoms with Crippen LogP contribution in [0.1, 0.15) is 28.4 Å². The molecule has 4 nitrogen and oxygen atoms in total. The van der Waals surface area contributed by atoms with E-state index in [1.54, 1.807) is 36.4 Å². The van der Waals surface area contributed by atoms with E-state index in [4.69, 9.17) is 11.6 Å². The van der Waals surface area contributed by atoms with Crippen LogP contribution in [0.15, 0.2) is 42.5 Å². The van der Waals surface area contributed by atoms with Gasteiger partial charge in [-0.15, -0.1) is 0 Å². The van der Waals surface area contributed by atoms with E-state index in [0.29, 0.717) is 22.7 Å². The molecule has 2 aromatic carbocycles. The molecule has 2 aromatic rings. The van der Waals surface area contributed by atoms with Crippen molar-refractivity contribution in [1.82, 2.24) is 0 Å². The molecule has 2 rings (SSSR count). The number of aromatic carboxylic acids is 1. The van der Waals surface area contributed by atoms with E-state index in [1.807, 2.05) is 6.92 Å². The molecule has 114 valence electrons. The van der Waals surface area contributed by atoms with Gasteiger partial charge < -0.3 is 15.2 Å². The number of carbonyl (C=O) groups is 2. The van der Waals surface area contributed by atoms with Crippen LogP contribution in [0.3, 0.4) is 0 Å². The molecule has 0 atom stereocenters. The molecule has 0 aliphatic carbocycles. The maximum atomic E-state index is 12.1. The van der Waals surface area contributed by atoms with Crippen molar-refractivity contribution in [3.05, 3.63) is 64.2 Å². The van der Waals surface area contributed by atoms with Crippen LogP contribution in [-0.2, 0) is 17.6 Å². The zero-order chi connectivity index (χ0) is 16.1. The van der Waals surface area contributed by atoms with Crippen molar-refractivity contribution < 1.29 is 14.7 Å². The van der Waals surface area contributed by atoms with E-state index >= 15 is 0 Å². The fraction of sp³-hybridized carbons (Fsp3) is 0.176. The second-order valence-electron chi connectivity index (χ2n) is 4.82. The van der Waals surface area contributed by atoms with Gasteiger partial charge in [-0.2, -0.15) is 0 Å². The first-order chi connectivity index (χ1) is 10.5. The van der Waals surface area contributed by atoms with Gasteiger partial charge in [0.1, 0.15) is 0 Å². The Labute approximate surface area is 133 Å². The van der Waals surface area contributed by atoms with E-state index in [-0.39, 0.29) is 17.9 Å². The SMILES string of the molecule is CCc1c(NC(=O)Cc2ccc(Cl)cc2)cccc1C(=O)[O-]. The zero-order valence-electron chi connectivity index (χ0n) is 12.1. The van der Waals surface area contributed by atoms with Crippen LogP contribution in [0, 0.1) is 0 Å². The molecule has 0 radical (unpaired) electrons. The lowest BCUT2D eigenvalue weighted by Crippen LogP contribution is -2.25. The average Bonchev–Trinajstić information content (AvgIpc) is 2.49. The van der Waals surface area contributed by atoms with Gasteiger partial charge in [0.05, 0.1) is 12.4 Å². The highest BCUT2D eigenvalue weighted by atomic mass is 35.5. The number of anilines is 1. The predicted octanol–water partition coefficient (Wildman–Crippen LogP) is 2.45. The van der Waals surface area contributed by atoms with E-state index in [9.17, 15) is 14.7 Å². The molecule has 0 heterocycles. The Bertz CT molecular complexity index is 696. The largest absolute Gasteiger partial charge is 0.545 e. The minimum absolute atomic E-state index is 0.104. The summed E-state index contributed by atoms with van der Waals surface area (Å²) in [6.45, 7) is 1.83. The van der Waals surface area contributed by atoms with Crippen LogP contribution in [0.2, 0.25) is 5.02 Å². The number of nitrogens with one attached hydrogen (secondary N) is 1. The van der Waals surface area contributed by atoms with Gasteiger partial charge in [0, 0.05) is 16.3 Å². The third-order valence-electron chi connectivity index (χ3n) is 3.30. The molecule has 0 fully saturated rings. The Morgan fingerprint density at radius 2 is 1.82 bits per heavy atom. The topological polar surface area (TPSA) is 69.2 Å². The quantitative estimate of drug-likeness (QED) is 0.921. The van der Waals surface area contributed by atoms with Crippen LogP contribution in [0.25, 0.3) is 0 Å². The number of rotatable bonds is 5. The van der Waals surface area contributed by atoms with Gasteiger partial charge in [0.15, 0.2) is 0 Å². The van der Waals surface area contributed by atoms with Crippen LogP contribution < -0.4 is 10.4 Å². The summed E-state index contributed by atoms with van der Waals surface area (Å²) in [4.78, 5) is 23.2. The van der Waals surface area contributed by atoms with Gasteiger partial charge in [0.2, 0.25) is 5.91 Å². The second-order valence-corrected chi connectivity index (χ2v) is 5.26. The summed E-state index contributed by atoms with van der Waals surface area (Å²) in [5, 5.41) is 14.5. The number of carboxylic acids is 1. The molecule has 0 aromatic heterocycles. The van der Waals surface area contributed by atoms with Gasteiger partial charge in [0.25, 0.3) is 0 Å². The minimum atomic E-state index is -1.24. The van der Waals surface area contributed by atoms with Crippen molar-refractivity contribution >= 4 is 29.2 Å². The smallest absolute Gasteiger partial charge is 0.228 e. The average molecular weight is 317 g/mol. The van der Waals surface area contributed by atoms with Crippen LogP contribution in [0.5, 0.6) is 0 Å². The number of carbonyl (C=O) groups excluding carboxylic acids is 2. The Morgan fingerprint density at radius 1 is 1.14 bits per heavy atom. The first-order valence-electron chi connectivity index (χ1n) is 6.88. The summed E-state index contributed by atoms with van der Waals surface area (Å²) in [6, 6.07) is 11.7. The Hall–Kier alpha value is -2.33. The maximum absolute atomic E-state index is 12.1. The fourth-order valence-corrected chi connectivity index (χ4v) is 2.38. The van der Waals surface area contributed by atoms with E-state index in [1.165, 1.54) is 6.07 Å². The van der Waals surface area contributed by atoms with Crippen molar-refractivity contribution in [2.24, 2.45) is 0 Å². The van der Waals surface area contributed by atoms with E-state index in [0.717, 1.165) is 5.56 Å². The third-order valence-corrected chi connectivity index (χ3v) is 3.55. The molecule has 0 aliphatic heterocycles. The molecule has 5 heteroatoms. The lowest BCUT2D eigenvalue weighted by molar-refractivity contribution is -0.255. The summed E-state index contributed by atoms with van der Waals surface area (Å²) in [6.07, 6.45) is 0.677. The summed E-state index contributed by atoms with van der Waals surface area (Å²) in [7, 11) is 0. The summed E-state index contributed by atoms with van der Waals surface area (Å²) in [5.74, 6) is -1.46. The molecular formula is C17H15ClNO3-. The second kappa shape index (κ2) is 7.09. The molecule has 22 heavy (non-hydrogen) atoms. The van der Waals surface area contributed by atoms with Gasteiger partial charge in [-0.1, -0.05) is 42.8 Å². The number of benzene rings is 2. The van der Waals surface area contributed by atoms with E-state index < -0.39 is 5.97 Å². The molecule has 0 bridgehead atoms. The Morgan fingerprint density at radius 3 is 2.41 bits per heavy atom. The molecule has 1 N–H and O–H groups in total. The van der Waals surface area contributed by atoms with Crippen molar-refractivity contribution in [2.75, 3.05) is 5.32 Å². The number of amides is 1. The number of halogens is 1. The van der Waals surface area contributed by atoms with Crippen molar-refractivity contribution in [3.8, 4) is 0 Å². The van der Waals surface area contributed by atoms with Crippen molar-refractivity contribution in [1.29, 1.82) is 0 Å². The molecular weight excluding hydrogens is 302 g/mol. The molecule has 0 aliphatic rings. The highest BCUT2D eigenvalue weighted by Gasteiger charge is 2.11. The van der Waals surface area contributed by atoms with Gasteiger partial charge in [-0.25, -0.2) is 0 Å². The van der Waals surface area contributed by atoms with Crippen molar-refractivity contribution in [3.63, 3.8) is 0 Å². The predicted molar refractivity (Wildman–Crippen MR) is 83.9 cm³/mol. The Kier molecular flexibility index (Phi) is 5.17. The lowest BCUT2D eigenvalue weighted by atomic mass is 10.0. The third kappa shape index (κ3) is 3.86. The van der Waals surface area contributed by atoms with Crippen LogP contribution >= 0.6 is 11.6 Å². The summed E-state index contributed by atoms with van der Waals surface area (Å²) >= 11 is 5.80. The van der Waals surface area contributed by atoms with Gasteiger partial charge in [-0.05, 0) is 35.7 Å². The standard InChI is InChI=1S/C17H16ClNO3/c1-2-13-14(17(21)22)4-3-5-15(13)19-16(20)10-11-6-8-12(18)9-7-11/h3-9H,2,10H2,1H3,(H,19,20)(H,21,22)/p-1. The highest BCUT2D eigenvalue weighted by molar-refractivity contribution is 6.30. The summed E-state index contributed by atoms with van der Waals surface area (Å²) < 4.78 is 0. The Balaban J connectivity index is 2.16. The highest BCUT2D eigenvalue weighted by Crippen LogP contribution is 2.21. The normalized spacial score (nSPS) is 10.3. The maximum Gasteiger partial charge on any atom is 0.228 e. The molecule has 0 spiro atoms. The lowest BCUT2D eigenvalue weighted by Gasteiger charge is -2.15. The number of hydrogen-bond donors (Lipinski definition) is 1. The monoisotopic (exact) mass is 316 g/mol. The van der Waals surface area contributed by atoms with Gasteiger partial charge in [-0.3, -0.25) is 4.79 Å². The van der Waals surface area contributed by atoms with Gasteiger partial charge >= 0.3 is 0 Å². The molecule has 0 unspecified atom stereocenters.